The molecule has 0 bridgehead atoms. The fourth-order valence-electron chi connectivity index (χ4n) is 2.09. The molecular formula is C12H15ClFNO2. The summed E-state index contributed by atoms with van der Waals surface area (Å²) in [5.74, 6) is 0.0389. The van der Waals surface area contributed by atoms with Crippen molar-refractivity contribution in [2.75, 3.05) is 7.11 Å². The Morgan fingerprint density at radius 2 is 2.24 bits per heavy atom. The van der Waals surface area contributed by atoms with Crippen LogP contribution in [0, 0.1) is 5.82 Å². The van der Waals surface area contributed by atoms with Crippen molar-refractivity contribution in [3.8, 4) is 5.75 Å². The summed E-state index contributed by atoms with van der Waals surface area (Å²) in [4.78, 5) is 4.96. The maximum Gasteiger partial charge on any atom is 0.145 e. The van der Waals surface area contributed by atoms with Gasteiger partial charge in [0.15, 0.2) is 0 Å². The van der Waals surface area contributed by atoms with Crippen molar-refractivity contribution in [1.82, 2.24) is 5.48 Å². The van der Waals surface area contributed by atoms with Crippen molar-refractivity contribution in [3.05, 3.63) is 28.5 Å². The Balaban J connectivity index is 2.45. The van der Waals surface area contributed by atoms with E-state index >= 15 is 0 Å². The lowest BCUT2D eigenvalue weighted by atomic mass is 9.90. The summed E-state index contributed by atoms with van der Waals surface area (Å²) in [5, 5.41) is 0.0926. The van der Waals surface area contributed by atoms with Crippen LogP contribution >= 0.6 is 11.6 Å². The highest BCUT2D eigenvalue weighted by molar-refractivity contribution is 6.30. The van der Waals surface area contributed by atoms with Crippen LogP contribution in [0.2, 0.25) is 5.02 Å². The molecule has 2 rings (SSSR count). The molecule has 0 aromatic heterocycles. The number of fused-ring (bicyclic) bond motifs is 1. The summed E-state index contributed by atoms with van der Waals surface area (Å²) < 4.78 is 19.1. The van der Waals surface area contributed by atoms with Gasteiger partial charge < -0.3 is 9.57 Å². The Kier molecular flexibility index (Phi) is 3.30. The highest BCUT2D eigenvalue weighted by Gasteiger charge is 2.34. The molecular weight excluding hydrogens is 245 g/mol. The Hall–Kier alpha value is -0.840. The highest BCUT2D eigenvalue weighted by atomic mass is 35.5. The van der Waals surface area contributed by atoms with Crippen LogP contribution in [-0.4, -0.2) is 12.7 Å². The van der Waals surface area contributed by atoms with E-state index in [1.807, 2.05) is 13.8 Å². The van der Waals surface area contributed by atoms with E-state index in [4.69, 9.17) is 21.2 Å². The molecule has 0 saturated heterocycles. The molecule has 1 aromatic carbocycles. The molecule has 1 unspecified atom stereocenters. The summed E-state index contributed by atoms with van der Waals surface area (Å²) in [6, 6.07) is 2.85. The van der Waals surface area contributed by atoms with E-state index < -0.39 is 5.82 Å². The third-order valence-electron chi connectivity index (χ3n) is 2.77. The molecule has 17 heavy (non-hydrogen) atoms. The molecule has 1 aliphatic rings. The second-order valence-corrected chi connectivity index (χ2v) is 5.15. The van der Waals surface area contributed by atoms with Crippen LogP contribution in [0.1, 0.15) is 31.9 Å². The fraction of sp³-hybridized carbons (Fsp3) is 0.500. The first-order valence-corrected chi connectivity index (χ1v) is 5.77. The number of hydrogen-bond acceptors (Lipinski definition) is 3. The lowest BCUT2D eigenvalue weighted by Gasteiger charge is -2.37. The van der Waals surface area contributed by atoms with Gasteiger partial charge in [-0.15, -0.1) is 0 Å². The van der Waals surface area contributed by atoms with E-state index in [0.29, 0.717) is 5.75 Å². The van der Waals surface area contributed by atoms with Gasteiger partial charge in [0.25, 0.3) is 0 Å². The van der Waals surface area contributed by atoms with Gasteiger partial charge in [-0.1, -0.05) is 11.6 Å². The SMILES string of the molecule is CONC1CC(C)(C)Oc2cc(F)c(Cl)cc21. The number of hydrogen-bond donors (Lipinski definition) is 1. The van der Waals surface area contributed by atoms with Crippen LogP contribution < -0.4 is 10.2 Å². The predicted molar refractivity (Wildman–Crippen MR) is 63.6 cm³/mol. The number of halogens is 2. The zero-order valence-corrected chi connectivity index (χ0v) is 10.8. The van der Waals surface area contributed by atoms with Gasteiger partial charge in [-0.3, -0.25) is 0 Å². The van der Waals surface area contributed by atoms with Crippen molar-refractivity contribution in [2.45, 2.75) is 31.9 Å². The van der Waals surface area contributed by atoms with E-state index in [1.54, 1.807) is 13.2 Å². The molecule has 1 aliphatic heterocycles. The van der Waals surface area contributed by atoms with Crippen LogP contribution in [0.4, 0.5) is 4.39 Å². The van der Waals surface area contributed by atoms with Gasteiger partial charge in [0.05, 0.1) is 18.2 Å². The predicted octanol–water partition coefficient (Wildman–Crippen LogP) is 3.23. The molecule has 0 amide bonds. The number of hydroxylamine groups is 1. The summed E-state index contributed by atoms with van der Waals surface area (Å²) in [5.41, 5.74) is 3.33. The lowest BCUT2D eigenvalue weighted by Crippen LogP contribution is -2.39. The first-order chi connectivity index (χ1) is 7.93. The first kappa shape index (κ1) is 12.6. The third-order valence-corrected chi connectivity index (χ3v) is 3.06. The molecule has 3 nitrogen and oxygen atoms in total. The van der Waals surface area contributed by atoms with Crippen LogP contribution in [0.15, 0.2) is 12.1 Å². The molecule has 0 fully saturated rings. The minimum atomic E-state index is -0.473. The minimum Gasteiger partial charge on any atom is -0.487 e. The van der Waals surface area contributed by atoms with Gasteiger partial charge >= 0.3 is 0 Å². The van der Waals surface area contributed by atoms with E-state index in [0.717, 1.165) is 12.0 Å². The van der Waals surface area contributed by atoms with Crippen molar-refractivity contribution in [2.24, 2.45) is 0 Å². The van der Waals surface area contributed by atoms with Crippen LogP contribution in [0.3, 0.4) is 0 Å². The molecule has 5 heteroatoms. The Labute approximate surface area is 105 Å². The van der Waals surface area contributed by atoms with Crippen molar-refractivity contribution >= 4 is 11.6 Å². The van der Waals surface area contributed by atoms with Gasteiger partial charge in [-0.25, -0.2) is 4.39 Å². The highest BCUT2D eigenvalue weighted by Crippen LogP contribution is 2.41. The van der Waals surface area contributed by atoms with Gasteiger partial charge in [0, 0.05) is 18.1 Å². The number of ether oxygens (including phenoxy) is 1. The van der Waals surface area contributed by atoms with E-state index in [-0.39, 0.29) is 16.7 Å². The average molecular weight is 260 g/mol. The maximum absolute atomic E-state index is 13.4. The van der Waals surface area contributed by atoms with Gasteiger partial charge in [-0.05, 0) is 19.9 Å². The summed E-state index contributed by atoms with van der Waals surface area (Å²) in [7, 11) is 1.55. The first-order valence-electron chi connectivity index (χ1n) is 5.39. The van der Waals surface area contributed by atoms with Gasteiger partial charge in [0.1, 0.15) is 17.2 Å². The molecule has 1 aromatic rings. The molecule has 1 atom stereocenters. The van der Waals surface area contributed by atoms with Gasteiger partial charge in [-0.2, -0.15) is 5.48 Å². The summed E-state index contributed by atoms with van der Waals surface area (Å²) >= 11 is 5.78. The average Bonchev–Trinajstić information content (AvgIpc) is 2.20. The Bertz CT molecular complexity index is 437. The van der Waals surface area contributed by atoms with Crippen LogP contribution in [0.5, 0.6) is 5.75 Å². The zero-order valence-electron chi connectivity index (χ0n) is 10.0. The van der Waals surface area contributed by atoms with Crippen molar-refractivity contribution in [1.29, 1.82) is 0 Å². The van der Waals surface area contributed by atoms with Crippen LogP contribution in [0.25, 0.3) is 0 Å². The largest absolute Gasteiger partial charge is 0.487 e. The fourth-order valence-corrected chi connectivity index (χ4v) is 2.27. The molecule has 0 spiro atoms. The molecule has 94 valence electrons. The second kappa shape index (κ2) is 4.44. The Morgan fingerprint density at radius 1 is 1.53 bits per heavy atom. The number of benzene rings is 1. The van der Waals surface area contributed by atoms with Crippen molar-refractivity contribution in [3.63, 3.8) is 0 Å². The van der Waals surface area contributed by atoms with E-state index in [9.17, 15) is 4.39 Å². The summed E-state index contributed by atoms with van der Waals surface area (Å²) in [6.45, 7) is 3.90. The Morgan fingerprint density at radius 3 is 2.88 bits per heavy atom. The van der Waals surface area contributed by atoms with E-state index in [1.165, 1.54) is 6.07 Å². The monoisotopic (exact) mass is 259 g/mol. The number of nitrogens with one attached hydrogen (secondary N) is 1. The van der Waals surface area contributed by atoms with Crippen molar-refractivity contribution < 1.29 is 14.0 Å². The quantitative estimate of drug-likeness (QED) is 0.827. The lowest BCUT2D eigenvalue weighted by molar-refractivity contribution is 0.00279. The second-order valence-electron chi connectivity index (χ2n) is 4.74. The molecule has 0 radical (unpaired) electrons. The van der Waals surface area contributed by atoms with Crippen LogP contribution in [-0.2, 0) is 4.84 Å². The topological polar surface area (TPSA) is 30.5 Å². The summed E-state index contributed by atoms with van der Waals surface area (Å²) in [6.07, 6.45) is 0.718. The smallest absolute Gasteiger partial charge is 0.145 e. The standard InChI is InChI=1S/C12H15ClFNO2/c1-12(2)6-10(15-16-3)7-4-8(13)9(14)5-11(7)17-12/h4-5,10,15H,6H2,1-3H3. The van der Waals surface area contributed by atoms with Gasteiger partial charge in [0.2, 0.25) is 0 Å². The van der Waals surface area contributed by atoms with E-state index in [2.05, 4.69) is 5.48 Å². The normalized spacial score (nSPS) is 21.8. The number of rotatable bonds is 2. The molecule has 1 heterocycles. The molecule has 0 aliphatic carbocycles. The maximum atomic E-state index is 13.4. The molecule has 1 N–H and O–H groups in total. The third kappa shape index (κ3) is 2.54. The zero-order chi connectivity index (χ0) is 12.6. The molecule has 0 saturated carbocycles. The minimum absolute atomic E-state index is 0.0585.